The summed E-state index contributed by atoms with van der Waals surface area (Å²) in [6, 6.07) is 4.18. The number of hydrogen-bond donors (Lipinski definition) is 3. The highest BCUT2D eigenvalue weighted by molar-refractivity contribution is 6.36. The predicted molar refractivity (Wildman–Crippen MR) is 76.1 cm³/mol. The summed E-state index contributed by atoms with van der Waals surface area (Å²) in [5.41, 5.74) is 6.22. The summed E-state index contributed by atoms with van der Waals surface area (Å²) >= 11 is 5.95. The van der Waals surface area contributed by atoms with Gasteiger partial charge in [-0.3, -0.25) is 9.59 Å². The molecule has 1 rings (SSSR count). The number of carbonyl (C=O) groups is 2. The number of rotatable bonds is 5. The van der Waals surface area contributed by atoms with Gasteiger partial charge in [0.05, 0.1) is 16.3 Å². The van der Waals surface area contributed by atoms with Gasteiger partial charge in [-0.2, -0.15) is 0 Å². The van der Waals surface area contributed by atoms with Gasteiger partial charge in [-0.05, 0) is 25.5 Å². The van der Waals surface area contributed by atoms with Crippen molar-refractivity contribution in [2.75, 3.05) is 12.3 Å². The number of hydrogen-bond acceptors (Lipinski definition) is 3. The van der Waals surface area contributed by atoms with Gasteiger partial charge in [0.15, 0.2) is 0 Å². The van der Waals surface area contributed by atoms with E-state index < -0.39 is 11.9 Å². The van der Waals surface area contributed by atoms with E-state index in [1.165, 1.54) is 0 Å². The molecule has 104 valence electrons. The molecule has 0 spiro atoms. The lowest BCUT2D eigenvalue weighted by molar-refractivity contribution is -0.122. The molecule has 1 aromatic rings. The molecular formula is C13H18ClN3O2. The fraction of sp³-hybridized carbons (Fsp3) is 0.385. The number of benzene rings is 1. The summed E-state index contributed by atoms with van der Waals surface area (Å²) in [7, 11) is 0. The monoisotopic (exact) mass is 283 g/mol. The molecule has 0 aliphatic carbocycles. The van der Waals surface area contributed by atoms with Crippen LogP contribution < -0.4 is 16.4 Å². The fourth-order valence-corrected chi connectivity index (χ4v) is 1.68. The number of nitrogens with two attached hydrogens (primary N) is 1. The Morgan fingerprint density at radius 1 is 1.42 bits per heavy atom. The Hall–Kier alpha value is -1.75. The molecule has 2 amide bonds. The normalized spacial score (nSPS) is 11.7. The number of halogens is 1. The van der Waals surface area contributed by atoms with Crippen molar-refractivity contribution in [2.45, 2.75) is 26.3 Å². The Bertz CT molecular complexity index is 477. The van der Waals surface area contributed by atoms with Crippen LogP contribution in [-0.2, 0) is 4.79 Å². The van der Waals surface area contributed by atoms with Crippen molar-refractivity contribution in [3.8, 4) is 0 Å². The van der Waals surface area contributed by atoms with Gasteiger partial charge in [-0.1, -0.05) is 24.6 Å². The van der Waals surface area contributed by atoms with Crippen molar-refractivity contribution in [3.05, 3.63) is 28.8 Å². The average Bonchev–Trinajstić information content (AvgIpc) is 2.38. The number of nitrogens with one attached hydrogen (secondary N) is 2. The van der Waals surface area contributed by atoms with Crippen LogP contribution in [0.25, 0.3) is 0 Å². The number of nitrogen functional groups attached to an aromatic ring is 1. The van der Waals surface area contributed by atoms with Gasteiger partial charge < -0.3 is 16.4 Å². The van der Waals surface area contributed by atoms with Crippen molar-refractivity contribution in [3.63, 3.8) is 0 Å². The van der Waals surface area contributed by atoms with Crippen molar-refractivity contribution in [2.24, 2.45) is 0 Å². The third-order valence-corrected chi connectivity index (χ3v) is 2.99. The smallest absolute Gasteiger partial charge is 0.253 e. The first kappa shape index (κ1) is 15.3. The van der Waals surface area contributed by atoms with Crippen LogP contribution in [0.4, 0.5) is 5.69 Å². The summed E-state index contributed by atoms with van der Waals surface area (Å²) in [6.07, 6.45) is 0.841. The molecule has 5 nitrogen and oxygen atoms in total. The molecule has 0 radical (unpaired) electrons. The molecule has 0 aromatic heterocycles. The quantitative estimate of drug-likeness (QED) is 0.717. The molecule has 0 bridgehead atoms. The summed E-state index contributed by atoms with van der Waals surface area (Å²) in [5, 5.41) is 5.48. The maximum absolute atomic E-state index is 12.0. The highest BCUT2D eigenvalue weighted by Crippen LogP contribution is 2.22. The van der Waals surface area contributed by atoms with Crippen LogP contribution in [0.1, 0.15) is 30.6 Å². The van der Waals surface area contributed by atoms with Gasteiger partial charge in [-0.15, -0.1) is 0 Å². The van der Waals surface area contributed by atoms with Gasteiger partial charge in [0.1, 0.15) is 6.04 Å². The Kier molecular flexibility index (Phi) is 5.63. The second-order valence-electron chi connectivity index (χ2n) is 4.19. The molecule has 0 fully saturated rings. The van der Waals surface area contributed by atoms with Crippen molar-refractivity contribution in [1.82, 2.24) is 10.6 Å². The molecule has 1 unspecified atom stereocenters. The van der Waals surface area contributed by atoms with E-state index in [0.29, 0.717) is 12.2 Å². The van der Waals surface area contributed by atoms with Gasteiger partial charge in [0.25, 0.3) is 5.91 Å². The highest BCUT2D eigenvalue weighted by Gasteiger charge is 2.18. The third-order valence-electron chi connectivity index (χ3n) is 2.56. The zero-order valence-corrected chi connectivity index (χ0v) is 11.8. The van der Waals surface area contributed by atoms with Gasteiger partial charge >= 0.3 is 0 Å². The van der Waals surface area contributed by atoms with E-state index in [4.69, 9.17) is 17.3 Å². The minimum Gasteiger partial charge on any atom is -0.398 e. The van der Waals surface area contributed by atoms with E-state index in [-0.39, 0.29) is 16.5 Å². The third kappa shape index (κ3) is 4.13. The van der Waals surface area contributed by atoms with Crippen molar-refractivity contribution >= 4 is 29.1 Å². The Morgan fingerprint density at radius 2 is 2.11 bits per heavy atom. The molecule has 4 N–H and O–H groups in total. The minimum absolute atomic E-state index is 0.196. The van der Waals surface area contributed by atoms with E-state index in [1.54, 1.807) is 25.1 Å². The zero-order chi connectivity index (χ0) is 14.4. The number of anilines is 1. The molecule has 0 heterocycles. The molecule has 6 heteroatoms. The van der Waals surface area contributed by atoms with Gasteiger partial charge in [0, 0.05) is 6.54 Å². The number of amides is 2. The van der Waals surface area contributed by atoms with Crippen LogP contribution in [0.3, 0.4) is 0 Å². The number of carbonyl (C=O) groups excluding carboxylic acids is 2. The first-order chi connectivity index (χ1) is 8.97. The molecule has 0 saturated carbocycles. The molecule has 1 atom stereocenters. The van der Waals surface area contributed by atoms with Crippen LogP contribution in [0, 0.1) is 0 Å². The summed E-state index contributed by atoms with van der Waals surface area (Å²) in [4.78, 5) is 23.6. The lowest BCUT2D eigenvalue weighted by atomic mass is 10.1. The Labute approximate surface area is 117 Å². The maximum Gasteiger partial charge on any atom is 0.253 e. The van der Waals surface area contributed by atoms with Crippen LogP contribution in [0.2, 0.25) is 5.02 Å². The Morgan fingerprint density at radius 3 is 2.74 bits per heavy atom. The lowest BCUT2D eigenvalue weighted by Gasteiger charge is -2.14. The fourth-order valence-electron chi connectivity index (χ4n) is 1.47. The second-order valence-corrected chi connectivity index (χ2v) is 4.57. The average molecular weight is 284 g/mol. The van der Waals surface area contributed by atoms with E-state index in [2.05, 4.69) is 10.6 Å². The second kappa shape index (κ2) is 6.99. The van der Waals surface area contributed by atoms with Crippen molar-refractivity contribution in [1.29, 1.82) is 0 Å². The molecule has 19 heavy (non-hydrogen) atoms. The van der Waals surface area contributed by atoms with Crippen LogP contribution in [0.15, 0.2) is 18.2 Å². The molecule has 1 aromatic carbocycles. The van der Waals surface area contributed by atoms with Crippen molar-refractivity contribution < 1.29 is 9.59 Å². The lowest BCUT2D eigenvalue weighted by Crippen LogP contribution is -2.45. The first-order valence-corrected chi connectivity index (χ1v) is 6.47. The topological polar surface area (TPSA) is 84.2 Å². The summed E-state index contributed by atoms with van der Waals surface area (Å²) in [6.45, 7) is 4.15. The van der Waals surface area contributed by atoms with Crippen LogP contribution in [0.5, 0.6) is 0 Å². The van der Waals surface area contributed by atoms with E-state index >= 15 is 0 Å². The van der Waals surface area contributed by atoms with E-state index in [1.807, 2.05) is 6.92 Å². The Balaban J connectivity index is 2.69. The van der Waals surface area contributed by atoms with Gasteiger partial charge in [-0.25, -0.2) is 0 Å². The standard InChI is InChI=1S/C13H18ClN3O2/c1-3-7-16-12(18)8(2)17-13(19)9-5-4-6-10(15)11(9)14/h4-6,8H,3,7,15H2,1-2H3,(H,16,18)(H,17,19). The first-order valence-electron chi connectivity index (χ1n) is 6.10. The van der Waals surface area contributed by atoms with Gasteiger partial charge in [0.2, 0.25) is 5.91 Å². The van der Waals surface area contributed by atoms with Crippen LogP contribution >= 0.6 is 11.6 Å². The van der Waals surface area contributed by atoms with E-state index in [0.717, 1.165) is 6.42 Å². The summed E-state index contributed by atoms with van der Waals surface area (Å²) < 4.78 is 0. The molecular weight excluding hydrogens is 266 g/mol. The zero-order valence-electron chi connectivity index (χ0n) is 11.0. The molecule has 0 aliphatic rings. The summed E-state index contributed by atoms with van der Waals surface area (Å²) in [5.74, 6) is -0.647. The molecule has 0 saturated heterocycles. The van der Waals surface area contributed by atoms with E-state index in [9.17, 15) is 9.59 Å². The highest BCUT2D eigenvalue weighted by atomic mass is 35.5. The predicted octanol–water partition coefficient (Wildman–Crippen LogP) is 1.57. The molecule has 0 aliphatic heterocycles. The largest absolute Gasteiger partial charge is 0.398 e. The maximum atomic E-state index is 12.0. The SMILES string of the molecule is CCCNC(=O)C(C)NC(=O)c1cccc(N)c1Cl. The van der Waals surface area contributed by atoms with Crippen LogP contribution in [-0.4, -0.2) is 24.4 Å². The minimum atomic E-state index is -0.628.